The first-order valence-electron chi connectivity index (χ1n) is 9.87. The minimum absolute atomic E-state index is 0.00323. The lowest BCUT2D eigenvalue weighted by molar-refractivity contribution is -0.142. The van der Waals surface area contributed by atoms with Crippen LogP contribution < -0.4 is 0 Å². The third-order valence-corrected chi connectivity index (χ3v) is 6.33. The molecule has 3 aliphatic rings. The number of aromatic amines is 1. The molecule has 0 radical (unpaired) electrons. The lowest BCUT2D eigenvalue weighted by Gasteiger charge is -2.29. The number of nitrogens with zero attached hydrogens (tertiary/aromatic N) is 3. The summed E-state index contributed by atoms with van der Waals surface area (Å²) in [6.07, 6.45) is 4.29. The predicted octanol–water partition coefficient (Wildman–Crippen LogP) is 1.37. The van der Waals surface area contributed by atoms with E-state index in [0.717, 1.165) is 16.9 Å². The number of nitrogens with one attached hydrogen (secondary N) is 1. The lowest BCUT2D eigenvalue weighted by atomic mass is 9.76. The van der Waals surface area contributed by atoms with Gasteiger partial charge in [-0.1, -0.05) is 24.3 Å². The van der Waals surface area contributed by atoms with Gasteiger partial charge < -0.3 is 19.5 Å². The largest absolute Gasteiger partial charge is 0.360 e. The van der Waals surface area contributed by atoms with Crippen molar-refractivity contribution in [2.24, 2.45) is 11.8 Å². The number of H-pyrrole nitrogens is 1. The number of benzene rings is 1. The van der Waals surface area contributed by atoms with Gasteiger partial charge in [0.15, 0.2) is 0 Å². The van der Waals surface area contributed by atoms with Crippen LogP contribution >= 0.6 is 0 Å². The number of carbonyl (C=O) groups excluding carboxylic acids is 2. The summed E-state index contributed by atoms with van der Waals surface area (Å²) in [5.41, 5.74) is 1.31. The minimum atomic E-state index is -0.616. The number of aromatic nitrogens is 2. The molecule has 146 valence electrons. The fraction of sp³-hybridized carbons (Fsp3) is 0.476. The molecular formula is C21H24N4O3. The summed E-state index contributed by atoms with van der Waals surface area (Å²) in [7, 11) is 1.78. The Bertz CT molecular complexity index is 950. The summed E-state index contributed by atoms with van der Waals surface area (Å²) in [6, 6.07) is 7.90. The minimum Gasteiger partial charge on any atom is -0.360 e. The van der Waals surface area contributed by atoms with Crippen LogP contribution in [0.3, 0.4) is 0 Å². The zero-order chi connectivity index (χ0) is 19.5. The summed E-state index contributed by atoms with van der Waals surface area (Å²) in [5.74, 6) is 0.0463. The van der Waals surface area contributed by atoms with Crippen molar-refractivity contribution in [1.29, 1.82) is 0 Å². The van der Waals surface area contributed by atoms with Crippen LogP contribution in [0.1, 0.15) is 12.7 Å². The van der Waals surface area contributed by atoms with Crippen LogP contribution in [0.5, 0.6) is 0 Å². The number of fused-ring (bicyclic) bond motifs is 2. The average molecular weight is 380 g/mol. The maximum Gasteiger partial charge on any atom is 0.229 e. The standard InChI is InChI=1S/C21H24N4O3/c1-3-25(11-9-16-22-13-6-4-5-7-14(13)23-16)19(26)17-15-8-10-21(28-15)12-24(2)20(27)18(17)21/h4-8,10,15,17-18H,3,9,11-12H2,1-2H3,(H,22,23)/t15-,17-,18+,21-/m0/s1. The number of para-hydroxylation sites is 2. The smallest absolute Gasteiger partial charge is 0.229 e. The Kier molecular flexibility index (Phi) is 3.84. The molecule has 2 aromatic rings. The molecular weight excluding hydrogens is 356 g/mol. The lowest BCUT2D eigenvalue weighted by Crippen LogP contribution is -2.46. The van der Waals surface area contributed by atoms with Crippen LogP contribution in [0.2, 0.25) is 0 Å². The van der Waals surface area contributed by atoms with Gasteiger partial charge >= 0.3 is 0 Å². The van der Waals surface area contributed by atoms with E-state index in [9.17, 15) is 9.59 Å². The van der Waals surface area contributed by atoms with Crippen LogP contribution in [0.15, 0.2) is 36.4 Å². The Morgan fingerprint density at radius 1 is 1.43 bits per heavy atom. The topological polar surface area (TPSA) is 78.5 Å². The van der Waals surface area contributed by atoms with Gasteiger partial charge in [-0.2, -0.15) is 0 Å². The van der Waals surface area contributed by atoms with Crippen molar-refractivity contribution in [3.05, 3.63) is 42.2 Å². The molecule has 5 rings (SSSR count). The highest BCUT2D eigenvalue weighted by molar-refractivity contribution is 5.92. The zero-order valence-electron chi connectivity index (χ0n) is 16.1. The monoisotopic (exact) mass is 380 g/mol. The van der Waals surface area contributed by atoms with E-state index in [1.54, 1.807) is 11.9 Å². The van der Waals surface area contributed by atoms with Crippen molar-refractivity contribution in [2.75, 3.05) is 26.7 Å². The SMILES string of the molecule is CCN(CCc1nc2ccccc2[nH]1)C(=O)[C@H]1[C@@H]2C=C[C@@]3(CN(C)C(=O)[C@@H]13)O2. The molecule has 2 amide bonds. The molecule has 28 heavy (non-hydrogen) atoms. The summed E-state index contributed by atoms with van der Waals surface area (Å²) >= 11 is 0. The van der Waals surface area contributed by atoms with Crippen LogP contribution in [-0.2, 0) is 20.7 Å². The molecule has 2 bridgehead atoms. The molecule has 1 aromatic heterocycles. The number of likely N-dealkylation sites (tertiary alicyclic amines) is 1. The highest BCUT2D eigenvalue weighted by Crippen LogP contribution is 2.51. The maximum absolute atomic E-state index is 13.4. The van der Waals surface area contributed by atoms with E-state index in [4.69, 9.17) is 4.74 Å². The zero-order valence-corrected chi connectivity index (χ0v) is 16.1. The molecule has 2 saturated heterocycles. The highest BCUT2D eigenvalue weighted by atomic mass is 16.5. The molecule has 1 aromatic carbocycles. The van der Waals surface area contributed by atoms with Crippen molar-refractivity contribution in [1.82, 2.24) is 19.8 Å². The number of amides is 2. The molecule has 0 saturated carbocycles. The average Bonchev–Trinajstić information content (AvgIpc) is 3.41. The second-order valence-corrected chi connectivity index (χ2v) is 7.96. The van der Waals surface area contributed by atoms with Crippen molar-refractivity contribution in [3.8, 4) is 0 Å². The Morgan fingerprint density at radius 2 is 2.25 bits per heavy atom. The van der Waals surface area contributed by atoms with Gasteiger partial charge in [0.2, 0.25) is 11.8 Å². The van der Waals surface area contributed by atoms with Crippen molar-refractivity contribution in [3.63, 3.8) is 0 Å². The van der Waals surface area contributed by atoms with E-state index in [-0.39, 0.29) is 17.9 Å². The second-order valence-electron chi connectivity index (χ2n) is 7.96. The van der Waals surface area contributed by atoms with Gasteiger partial charge in [0, 0.05) is 26.6 Å². The van der Waals surface area contributed by atoms with Crippen molar-refractivity contribution in [2.45, 2.75) is 25.0 Å². The molecule has 1 N–H and O–H groups in total. The van der Waals surface area contributed by atoms with E-state index in [1.807, 2.05) is 48.2 Å². The van der Waals surface area contributed by atoms with Crippen LogP contribution in [0.25, 0.3) is 11.0 Å². The summed E-state index contributed by atoms with van der Waals surface area (Å²) in [6.45, 7) is 3.65. The number of rotatable bonds is 5. The molecule has 0 unspecified atom stereocenters. The second kappa shape index (κ2) is 6.17. The van der Waals surface area contributed by atoms with Gasteiger partial charge in [0.05, 0.1) is 35.5 Å². The molecule has 4 atom stereocenters. The first-order valence-corrected chi connectivity index (χ1v) is 9.87. The van der Waals surface area contributed by atoms with Crippen LogP contribution in [-0.4, -0.2) is 70.0 Å². The van der Waals surface area contributed by atoms with Gasteiger partial charge in [0.25, 0.3) is 0 Å². The Morgan fingerprint density at radius 3 is 3.04 bits per heavy atom. The predicted molar refractivity (Wildman–Crippen MR) is 103 cm³/mol. The number of carbonyl (C=O) groups is 2. The summed E-state index contributed by atoms with van der Waals surface area (Å²) in [4.78, 5) is 37.5. The first-order chi connectivity index (χ1) is 13.5. The third kappa shape index (κ3) is 2.42. The van der Waals surface area contributed by atoms with E-state index in [2.05, 4.69) is 9.97 Å². The number of ether oxygens (including phenoxy) is 1. The Labute approximate surface area is 163 Å². The maximum atomic E-state index is 13.4. The van der Waals surface area contributed by atoms with Crippen molar-refractivity contribution < 1.29 is 14.3 Å². The summed E-state index contributed by atoms with van der Waals surface area (Å²) < 4.78 is 6.12. The fourth-order valence-corrected chi connectivity index (χ4v) is 4.97. The molecule has 7 nitrogen and oxygen atoms in total. The van der Waals surface area contributed by atoms with E-state index in [1.165, 1.54) is 0 Å². The van der Waals surface area contributed by atoms with Crippen molar-refractivity contribution >= 4 is 22.8 Å². The first kappa shape index (κ1) is 17.4. The summed E-state index contributed by atoms with van der Waals surface area (Å²) in [5, 5.41) is 0. The third-order valence-electron chi connectivity index (χ3n) is 6.33. The number of hydrogen-bond donors (Lipinski definition) is 1. The number of imidazole rings is 1. The van der Waals surface area contributed by atoms with E-state index < -0.39 is 17.4 Å². The molecule has 1 spiro atoms. The van der Waals surface area contributed by atoms with Gasteiger partial charge in [-0.15, -0.1) is 0 Å². The quantitative estimate of drug-likeness (QED) is 0.795. The van der Waals surface area contributed by atoms with E-state index >= 15 is 0 Å². The van der Waals surface area contributed by atoms with Gasteiger partial charge in [0.1, 0.15) is 11.4 Å². The molecule has 3 aliphatic heterocycles. The van der Waals surface area contributed by atoms with E-state index in [0.29, 0.717) is 26.1 Å². The highest BCUT2D eigenvalue weighted by Gasteiger charge is 2.66. The van der Waals surface area contributed by atoms with Gasteiger partial charge in [-0.3, -0.25) is 9.59 Å². The molecule has 2 fully saturated rings. The Balaban J connectivity index is 1.33. The van der Waals surface area contributed by atoms with Crippen LogP contribution in [0.4, 0.5) is 0 Å². The van der Waals surface area contributed by atoms with Gasteiger partial charge in [-0.25, -0.2) is 4.98 Å². The van der Waals surface area contributed by atoms with Crippen LogP contribution in [0, 0.1) is 11.8 Å². The van der Waals surface area contributed by atoms with Gasteiger partial charge in [-0.05, 0) is 19.1 Å². The fourth-order valence-electron chi connectivity index (χ4n) is 4.97. The normalized spacial score (nSPS) is 30.4. The molecule has 7 heteroatoms. The Hall–Kier alpha value is -2.67. The number of hydrogen-bond acceptors (Lipinski definition) is 4. The number of likely N-dealkylation sites (N-methyl/N-ethyl adjacent to an activating group) is 2. The molecule has 0 aliphatic carbocycles. The molecule has 4 heterocycles.